The highest BCUT2D eigenvalue weighted by Crippen LogP contribution is 2.60. The van der Waals surface area contributed by atoms with Crippen molar-refractivity contribution in [1.29, 1.82) is 0 Å². The molecule has 2 aliphatic rings. The average molecular weight is 272 g/mol. The molecule has 2 N–H and O–H groups in total. The molecular weight excluding hydrogens is 248 g/mol. The summed E-state index contributed by atoms with van der Waals surface area (Å²) in [7, 11) is 1.94. The van der Waals surface area contributed by atoms with Gasteiger partial charge in [-0.1, -0.05) is 18.2 Å². The van der Waals surface area contributed by atoms with Gasteiger partial charge in [0.15, 0.2) is 0 Å². The first kappa shape index (κ1) is 13.6. The van der Waals surface area contributed by atoms with Gasteiger partial charge in [0.05, 0.1) is 0 Å². The number of amides is 1. The number of hydrogen-bond donors (Lipinski definition) is 2. The second-order valence-corrected chi connectivity index (χ2v) is 6.33. The molecule has 108 valence electrons. The van der Waals surface area contributed by atoms with Crippen molar-refractivity contribution >= 4 is 5.91 Å². The molecule has 2 aliphatic carbocycles. The zero-order valence-electron chi connectivity index (χ0n) is 12.2. The summed E-state index contributed by atoms with van der Waals surface area (Å²) in [6.07, 6.45) is 6.25. The van der Waals surface area contributed by atoms with E-state index in [-0.39, 0.29) is 5.91 Å². The maximum atomic E-state index is 12.4. The Hall–Kier alpha value is -1.35. The summed E-state index contributed by atoms with van der Waals surface area (Å²) in [6, 6.07) is 7.96. The summed E-state index contributed by atoms with van der Waals surface area (Å²) in [5.74, 6) is 0.992. The largest absolute Gasteiger partial charge is 0.351 e. The van der Waals surface area contributed by atoms with E-state index < -0.39 is 0 Å². The second-order valence-electron chi connectivity index (χ2n) is 6.33. The Morgan fingerprint density at radius 3 is 2.70 bits per heavy atom. The van der Waals surface area contributed by atoms with Crippen LogP contribution >= 0.6 is 0 Å². The van der Waals surface area contributed by atoms with E-state index in [1.165, 1.54) is 25.7 Å². The van der Waals surface area contributed by atoms with Gasteiger partial charge in [-0.2, -0.15) is 0 Å². The monoisotopic (exact) mass is 272 g/mol. The fourth-order valence-electron chi connectivity index (χ4n) is 3.16. The van der Waals surface area contributed by atoms with Crippen molar-refractivity contribution in [3.63, 3.8) is 0 Å². The summed E-state index contributed by atoms with van der Waals surface area (Å²) < 4.78 is 0. The fraction of sp³-hybridized carbons (Fsp3) is 0.588. The molecule has 20 heavy (non-hydrogen) atoms. The highest BCUT2D eigenvalue weighted by atomic mass is 16.1. The van der Waals surface area contributed by atoms with E-state index in [1.54, 1.807) is 0 Å². The maximum Gasteiger partial charge on any atom is 0.251 e. The number of carbonyl (C=O) groups is 1. The van der Waals surface area contributed by atoms with Crippen LogP contribution in [0.3, 0.4) is 0 Å². The van der Waals surface area contributed by atoms with E-state index >= 15 is 0 Å². The second kappa shape index (κ2) is 5.57. The van der Waals surface area contributed by atoms with Gasteiger partial charge in [-0.15, -0.1) is 0 Å². The molecule has 0 saturated heterocycles. The first-order chi connectivity index (χ1) is 9.75. The number of likely N-dealkylation sites (N-methyl/N-ethyl adjacent to an activating group) is 1. The highest BCUT2D eigenvalue weighted by Gasteiger charge is 2.53. The maximum absolute atomic E-state index is 12.4. The molecule has 2 fully saturated rings. The number of rotatable bonds is 7. The zero-order valence-corrected chi connectivity index (χ0v) is 12.2. The van der Waals surface area contributed by atoms with Crippen molar-refractivity contribution in [3.8, 4) is 0 Å². The van der Waals surface area contributed by atoms with Crippen molar-refractivity contribution in [2.75, 3.05) is 20.1 Å². The standard InChI is InChI=1S/C17H24N2O/c1-18-11-8-13-4-2-3-5-15(13)16(20)19-12-17(9-10-17)14-6-7-14/h2-5,14,18H,6-12H2,1H3,(H,19,20). The van der Waals surface area contributed by atoms with Gasteiger partial charge in [-0.3, -0.25) is 4.79 Å². The average Bonchev–Trinajstić information content (AvgIpc) is 3.35. The minimum Gasteiger partial charge on any atom is -0.351 e. The lowest BCUT2D eigenvalue weighted by Gasteiger charge is -2.16. The predicted molar refractivity (Wildman–Crippen MR) is 80.8 cm³/mol. The Bertz CT molecular complexity index is 490. The van der Waals surface area contributed by atoms with Crippen LogP contribution in [-0.2, 0) is 6.42 Å². The first-order valence-electron chi connectivity index (χ1n) is 7.76. The van der Waals surface area contributed by atoms with Crippen molar-refractivity contribution in [1.82, 2.24) is 10.6 Å². The SMILES string of the molecule is CNCCc1ccccc1C(=O)NCC1(C2CC2)CC1. The van der Waals surface area contributed by atoms with Crippen LogP contribution in [0, 0.1) is 11.3 Å². The lowest BCUT2D eigenvalue weighted by Crippen LogP contribution is -2.32. The summed E-state index contributed by atoms with van der Waals surface area (Å²) in [5.41, 5.74) is 2.44. The minimum atomic E-state index is 0.101. The van der Waals surface area contributed by atoms with E-state index in [9.17, 15) is 4.79 Å². The molecule has 0 aliphatic heterocycles. The Labute approximate surface area is 121 Å². The van der Waals surface area contributed by atoms with Gasteiger partial charge in [0.1, 0.15) is 0 Å². The van der Waals surface area contributed by atoms with Crippen molar-refractivity contribution < 1.29 is 4.79 Å². The molecule has 1 aromatic rings. The lowest BCUT2D eigenvalue weighted by atomic mass is 9.99. The van der Waals surface area contributed by atoms with Crippen molar-refractivity contribution in [2.24, 2.45) is 11.3 Å². The fourth-order valence-corrected chi connectivity index (χ4v) is 3.16. The molecule has 1 aromatic carbocycles. The number of benzene rings is 1. The summed E-state index contributed by atoms with van der Waals surface area (Å²) in [5, 5.41) is 6.32. The van der Waals surface area contributed by atoms with Crippen molar-refractivity contribution in [3.05, 3.63) is 35.4 Å². The Morgan fingerprint density at radius 1 is 1.30 bits per heavy atom. The zero-order chi connectivity index (χ0) is 14.0. The molecule has 1 amide bonds. The number of carbonyl (C=O) groups excluding carboxylic acids is 1. The third-order valence-electron chi connectivity index (χ3n) is 4.84. The quantitative estimate of drug-likeness (QED) is 0.800. The van der Waals surface area contributed by atoms with Crippen LogP contribution in [-0.4, -0.2) is 26.0 Å². The van der Waals surface area contributed by atoms with E-state index in [0.29, 0.717) is 5.41 Å². The summed E-state index contributed by atoms with van der Waals surface area (Å²) in [4.78, 5) is 12.4. The summed E-state index contributed by atoms with van der Waals surface area (Å²) in [6.45, 7) is 1.77. The smallest absolute Gasteiger partial charge is 0.251 e. The molecule has 3 heteroatoms. The van der Waals surface area contributed by atoms with Crippen LogP contribution < -0.4 is 10.6 Å². The Kier molecular flexibility index (Phi) is 3.79. The molecule has 0 radical (unpaired) electrons. The Balaban J connectivity index is 1.61. The van der Waals surface area contributed by atoms with Crippen LogP contribution in [0.1, 0.15) is 41.6 Å². The van der Waals surface area contributed by atoms with E-state index in [1.807, 2.05) is 25.2 Å². The Morgan fingerprint density at radius 2 is 2.05 bits per heavy atom. The molecule has 2 saturated carbocycles. The van der Waals surface area contributed by atoms with Crippen LogP contribution in [0.5, 0.6) is 0 Å². The number of nitrogens with one attached hydrogen (secondary N) is 2. The molecule has 0 bridgehead atoms. The summed E-state index contributed by atoms with van der Waals surface area (Å²) >= 11 is 0. The molecule has 0 aromatic heterocycles. The highest BCUT2D eigenvalue weighted by molar-refractivity contribution is 5.95. The first-order valence-corrected chi connectivity index (χ1v) is 7.76. The van der Waals surface area contributed by atoms with Crippen LogP contribution in [0.2, 0.25) is 0 Å². The van der Waals surface area contributed by atoms with E-state index in [4.69, 9.17) is 0 Å². The molecule has 0 unspecified atom stereocenters. The topological polar surface area (TPSA) is 41.1 Å². The van der Waals surface area contributed by atoms with Gasteiger partial charge in [0, 0.05) is 12.1 Å². The lowest BCUT2D eigenvalue weighted by molar-refractivity contribution is 0.0941. The van der Waals surface area contributed by atoms with Gasteiger partial charge in [-0.05, 0) is 68.7 Å². The third-order valence-corrected chi connectivity index (χ3v) is 4.84. The third kappa shape index (κ3) is 2.88. The van der Waals surface area contributed by atoms with Gasteiger partial charge in [0.2, 0.25) is 0 Å². The normalized spacial score (nSPS) is 19.6. The van der Waals surface area contributed by atoms with Crippen LogP contribution in [0.25, 0.3) is 0 Å². The molecule has 0 spiro atoms. The molecule has 0 heterocycles. The minimum absolute atomic E-state index is 0.101. The molecule has 3 nitrogen and oxygen atoms in total. The molecule has 0 atom stereocenters. The van der Waals surface area contributed by atoms with Crippen LogP contribution in [0.15, 0.2) is 24.3 Å². The van der Waals surface area contributed by atoms with Gasteiger partial charge in [0.25, 0.3) is 5.91 Å². The van der Waals surface area contributed by atoms with Crippen molar-refractivity contribution in [2.45, 2.75) is 32.1 Å². The number of hydrogen-bond acceptors (Lipinski definition) is 2. The van der Waals surface area contributed by atoms with E-state index in [2.05, 4.69) is 16.7 Å². The van der Waals surface area contributed by atoms with E-state index in [0.717, 1.165) is 36.6 Å². The molecular formula is C17H24N2O. The molecule has 3 rings (SSSR count). The van der Waals surface area contributed by atoms with Gasteiger partial charge in [-0.25, -0.2) is 0 Å². The van der Waals surface area contributed by atoms with Crippen LogP contribution in [0.4, 0.5) is 0 Å². The predicted octanol–water partition coefficient (Wildman–Crippen LogP) is 2.37. The van der Waals surface area contributed by atoms with Gasteiger partial charge >= 0.3 is 0 Å². The van der Waals surface area contributed by atoms with Gasteiger partial charge < -0.3 is 10.6 Å².